The van der Waals surface area contributed by atoms with Crippen molar-refractivity contribution in [3.8, 4) is 6.07 Å². The Balaban J connectivity index is 2.40. The SMILES string of the molecule is CC1(C(=O)O)CCCCN1c1nccc(C#N)n1. The van der Waals surface area contributed by atoms with Crippen LogP contribution in [0.4, 0.5) is 5.95 Å². The van der Waals surface area contributed by atoms with E-state index >= 15 is 0 Å². The van der Waals surface area contributed by atoms with Gasteiger partial charge in [0.2, 0.25) is 5.95 Å². The summed E-state index contributed by atoms with van der Waals surface area (Å²) in [6.07, 6.45) is 3.82. The van der Waals surface area contributed by atoms with E-state index in [1.165, 1.54) is 12.3 Å². The molecular weight excluding hydrogens is 232 g/mol. The Bertz CT molecular complexity index is 511. The van der Waals surface area contributed by atoms with Crippen LogP contribution in [0.2, 0.25) is 0 Å². The Morgan fingerprint density at radius 3 is 3.06 bits per heavy atom. The first kappa shape index (κ1) is 12.3. The lowest BCUT2D eigenvalue weighted by atomic mass is 9.89. The zero-order chi connectivity index (χ0) is 13.2. The first-order valence-electron chi connectivity index (χ1n) is 5.82. The van der Waals surface area contributed by atoms with Crippen molar-refractivity contribution in [3.63, 3.8) is 0 Å². The van der Waals surface area contributed by atoms with E-state index in [4.69, 9.17) is 5.26 Å². The smallest absolute Gasteiger partial charge is 0.329 e. The second-order valence-electron chi connectivity index (χ2n) is 4.54. The first-order chi connectivity index (χ1) is 8.58. The second kappa shape index (κ2) is 4.61. The highest BCUT2D eigenvalue weighted by Gasteiger charge is 2.42. The summed E-state index contributed by atoms with van der Waals surface area (Å²) in [7, 11) is 0. The molecule has 0 amide bonds. The van der Waals surface area contributed by atoms with Crippen LogP contribution in [0.3, 0.4) is 0 Å². The molecule has 1 atom stereocenters. The first-order valence-corrected chi connectivity index (χ1v) is 5.82. The molecule has 1 aliphatic rings. The van der Waals surface area contributed by atoms with E-state index in [0.717, 1.165) is 12.8 Å². The highest BCUT2D eigenvalue weighted by molar-refractivity contribution is 5.82. The maximum Gasteiger partial charge on any atom is 0.329 e. The van der Waals surface area contributed by atoms with E-state index in [0.29, 0.717) is 18.9 Å². The molecule has 0 aromatic carbocycles. The Hall–Kier alpha value is -2.16. The van der Waals surface area contributed by atoms with Crippen LogP contribution in [0.1, 0.15) is 31.9 Å². The summed E-state index contributed by atoms with van der Waals surface area (Å²) in [6.45, 7) is 2.27. The van der Waals surface area contributed by atoms with E-state index in [9.17, 15) is 9.90 Å². The quantitative estimate of drug-likeness (QED) is 0.842. The van der Waals surface area contributed by atoms with Gasteiger partial charge in [0.15, 0.2) is 0 Å². The van der Waals surface area contributed by atoms with Crippen molar-refractivity contribution >= 4 is 11.9 Å². The number of nitriles is 1. The third-order valence-electron chi connectivity index (χ3n) is 3.35. The van der Waals surface area contributed by atoms with E-state index in [2.05, 4.69) is 9.97 Å². The van der Waals surface area contributed by atoms with Gasteiger partial charge in [0.25, 0.3) is 0 Å². The monoisotopic (exact) mass is 246 g/mol. The van der Waals surface area contributed by atoms with Crippen molar-refractivity contribution in [1.29, 1.82) is 5.26 Å². The van der Waals surface area contributed by atoms with Gasteiger partial charge in [0.1, 0.15) is 17.3 Å². The fourth-order valence-corrected chi connectivity index (χ4v) is 2.20. The van der Waals surface area contributed by atoms with Gasteiger partial charge in [-0.15, -0.1) is 0 Å². The van der Waals surface area contributed by atoms with Crippen LogP contribution >= 0.6 is 0 Å². The number of nitrogens with zero attached hydrogens (tertiary/aromatic N) is 4. The molecule has 2 heterocycles. The number of anilines is 1. The van der Waals surface area contributed by atoms with Crippen LogP contribution in [0.25, 0.3) is 0 Å². The van der Waals surface area contributed by atoms with Gasteiger partial charge in [-0.05, 0) is 32.3 Å². The maximum atomic E-state index is 11.5. The lowest BCUT2D eigenvalue weighted by Crippen LogP contribution is -2.56. The molecule has 6 nitrogen and oxygen atoms in total. The van der Waals surface area contributed by atoms with Gasteiger partial charge in [-0.1, -0.05) is 0 Å². The molecule has 1 saturated heterocycles. The van der Waals surface area contributed by atoms with Crippen molar-refractivity contribution in [2.45, 2.75) is 31.7 Å². The number of piperidine rings is 1. The minimum atomic E-state index is -0.994. The van der Waals surface area contributed by atoms with Gasteiger partial charge in [-0.3, -0.25) is 0 Å². The van der Waals surface area contributed by atoms with Gasteiger partial charge in [-0.2, -0.15) is 5.26 Å². The molecule has 1 unspecified atom stereocenters. The number of aromatic nitrogens is 2. The number of carboxylic acids is 1. The van der Waals surface area contributed by atoms with Gasteiger partial charge >= 0.3 is 5.97 Å². The number of hydrogen-bond donors (Lipinski definition) is 1. The molecule has 1 aromatic rings. The fourth-order valence-electron chi connectivity index (χ4n) is 2.20. The highest BCUT2D eigenvalue weighted by atomic mass is 16.4. The third-order valence-corrected chi connectivity index (χ3v) is 3.35. The predicted molar refractivity (Wildman–Crippen MR) is 64.0 cm³/mol. The predicted octanol–water partition coefficient (Wildman–Crippen LogP) is 1.18. The number of hydrogen-bond acceptors (Lipinski definition) is 5. The molecular formula is C12H14N4O2. The summed E-state index contributed by atoms with van der Waals surface area (Å²) in [5.41, 5.74) is -0.745. The van der Waals surface area contributed by atoms with Gasteiger partial charge in [-0.25, -0.2) is 14.8 Å². The van der Waals surface area contributed by atoms with E-state index in [-0.39, 0.29) is 5.69 Å². The maximum absolute atomic E-state index is 11.5. The zero-order valence-corrected chi connectivity index (χ0v) is 10.1. The summed E-state index contributed by atoms with van der Waals surface area (Å²) in [4.78, 5) is 21.3. The van der Waals surface area contributed by atoms with Crippen molar-refractivity contribution < 1.29 is 9.90 Å². The summed E-state index contributed by atoms with van der Waals surface area (Å²) in [5, 5.41) is 18.2. The molecule has 94 valence electrons. The number of rotatable bonds is 2. The second-order valence-corrected chi connectivity index (χ2v) is 4.54. The van der Waals surface area contributed by atoms with Crippen molar-refractivity contribution in [3.05, 3.63) is 18.0 Å². The molecule has 18 heavy (non-hydrogen) atoms. The minimum Gasteiger partial charge on any atom is -0.480 e. The lowest BCUT2D eigenvalue weighted by Gasteiger charge is -2.41. The molecule has 1 aliphatic heterocycles. The van der Waals surface area contributed by atoms with Crippen LogP contribution in [0, 0.1) is 11.3 Å². The van der Waals surface area contributed by atoms with Crippen LogP contribution in [0.15, 0.2) is 12.3 Å². The van der Waals surface area contributed by atoms with Crippen LogP contribution in [-0.2, 0) is 4.79 Å². The molecule has 6 heteroatoms. The molecule has 1 N–H and O–H groups in total. The number of aliphatic carboxylic acids is 1. The molecule has 1 aromatic heterocycles. The average Bonchev–Trinajstić information content (AvgIpc) is 2.39. The van der Waals surface area contributed by atoms with Gasteiger partial charge in [0.05, 0.1) is 0 Å². The summed E-state index contributed by atoms with van der Waals surface area (Å²) in [6, 6.07) is 3.44. The summed E-state index contributed by atoms with van der Waals surface area (Å²) >= 11 is 0. The molecule has 0 saturated carbocycles. The molecule has 0 aliphatic carbocycles. The largest absolute Gasteiger partial charge is 0.480 e. The van der Waals surface area contributed by atoms with Crippen LogP contribution in [-0.4, -0.2) is 33.1 Å². The van der Waals surface area contributed by atoms with Crippen LogP contribution < -0.4 is 4.90 Å². The van der Waals surface area contributed by atoms with Gasteiger partial charge < -0.3 is 10.0 Å². The van der Waals surface area contributed by atoms with E-state index < -0.39 is 11.5 Å². The Morgan fingerprint density at radius 1 is 1.61 bits per heavy atom. The van der Waals surface area contributed by atoms with Crippen LogP contribution in [0.5, 0.6) is 0 Å². The average molecular weight is 246 g/mol. The topological polar surface area (TPSA) is 90.1 Å². The standard InChI is InChI=1S/C12H14N4O2/c1-12(10(17)18)5-2-3-7-16(12)11-14-6-4-9(8-13)15-11/h4,6H,2-3,5,7H2,1H3,(H,17,18). The zero-order valence-electron chi connectivity index (χ0n) is 10.1. The third kappa shape index (κ3) is 1.99. The van der Waals surface area contributed by atoms with E-state index in [1.54, 1.807) is 11.8 Å². The molecule has 1 fully saturated rings. The highest BCUT2D eigenvalue weighted by Crippen LogP contribution is 2.31. The van der Waals surface area contributed by atoms with Crippen molar-refractivity contribution in [2.24, 2.45) is 0 Å². The fraction of sp³-hybridized carbons (Fsp3) is 0.500. The normalized spacial score (nSPS) is 23.4. The van der Waals surface area contributed by atoms with Crippen molar-refractivity contribution in [1.82, 2.24) is 9.97 Å². The summed E-state index contributed by atoms with van der Waals surface area (Å²) < 4.78 is 0. The Labute approximate surface area is 105 Å². The lowest BCUT2D eigenvalue weighted by molar-refractivity contribution is -0.143. The number of carboxylic acid groups (broad SMARTS) is 1. The number of carbonyl (C=O) groups is 1. The molecule has 0 spiro atoms. The molecule has 0 bridgehead atoms. The Kier molecular flexibility index (Phi) is 3.15. The molecule has 2 rings (SSSR count). The van der Waals surface area contributed by atoms with E-state index in [1.807, 2.05) is 6.07 Å². The summed E-state index contributed by atoms with van der Waals surface area (Å²) in [5.74, 6) is -0.563. The Morgan fingerprint density at radius 2 is 2.39 bits per heavy atom. The van der Waals surface area contributed by atoms with Gasteiger partial charge in [0, 0.05) is 12.7 Å². The minimum absolute atomic E-state index is 0.248. The molecule has 0 radical (unpaired) electrons. The van der Waals surface area contributed by atoms with Crippen molar-refractivity contribution in [2.75, 3.05) is 11.4 Å².